The van der Waals surface area contributed by atoms with Crippen LogP contribution in [0.2, 0.25) is 0 Å². The number of hydrogen-bond donors (Lipinski definition) is 3. The first-order valence-corrected chi connectivity index (χ1v) is 6.66. The van der Waals surface area contributed by atoms with Crippen LogP contribution in [0, 0.1) is 0 Å². The predicted molar refractivity (Wildman–Crippen MR) is 65.6 cm³/mol. The summed E-state index contributed by atoms with van der Waals surface area (Å²) in [4.78, 5) is 35.7. The van der Waals surface area contributed by atoms with Gasteiger partial charge < -0.3 is 15.3 Å². The first-order valence-electron chi connectivity index (χ1n) is 5.85. The molecular formula is C10H16N3O5P. The maximum Gasteiger partial charge on any atom is 0.325 e. The lowest BCUT2D eigenvalue weighted by Crippen LogP contribution is -2.51. The van der Waals surface area contributed by atoms with Crippen molar-refractivity contribution in [2.24, 2.45) is 0 Å². The smallest absolute Gasteiger partial charge is 0.325 e. The maximum atomic E-state index is 11.9. The molecule has 0 unspecified atom stereocenters. The molecule has 0 saturated carbocycles. The molecule has 0 aromatic heterocycles. The largest absolute Gasteiger partial charge is 0.480 e. The Balaban J connectivity index is 2.60. The van der Waals surface area contributed by atoms with Gasteiger partial charge in [0, 0.05) is 6.54 Å². The highest BCUT2D eigenvalue weighted by molar-refractivity contribution is 7.21. The Labute approximate surface area is 111 Å². The second-order valence-corrected chi connectivity index (χ2v) is 4.74. The molecule has 1 aliphatic heterocycles. The number of aliphatic carboxylic acids is 1. The van der Waals surface area contributed by atoms with Gasteiger partial charge >= 0.3 is 5.97 Å². The van der Waals surface area contributed by atoms with Gasteiger partial charge in [-0.25, -0.2) is 5.09 Å². The van der Waals surface area contributed by atoms with Crippen molar-refractivity contribution >= 4 is 26.4 Å². The third kappa shape index (κ3) is 4.25. The molecule has 9 heteroatoms. The fourth-order valence-electron chi connectivity index (χ4n) is 1.91. The minimum absolute atomic E-state index is 0.122. The van der Waals surface area contributed by atoms with Gasteiger partial charge in [0.2, 0.25) is 20.4 Å². The summed E-state index contributed by atoms with van der Waals surface area (Å²) in [6.45, 7) is 1.68. The summed E-state index contributed by atoms with van der Waals surface area (Å²) in [6.07, 6.45) is 1.18. The van der Waals surface area contributed by atoms with E-state index in [1.54, 1.807) is 0 Å². The van der Waals surface area contributed by atoms with Crippen LogP contribution in [0.15, 0.2) is 0 Å². The van der Waals surface area contributed by atoms with Crippen molar-refractivity contribution < 1.29 is 24.1 Å². The van der Waals surface area contributed by atoms with E-state index in [4.69, 9.17) is 5.11 Å². The molecule has 2 atom stereocenters. The molecule has 0 aliphatic carbocycles. The highest BCUT2D eigenvalue weighted by Gasteiger charge is 2.34. The van der Waals surface area contributed by atoms with Crippen molar-refractivity contribution in [3.63, 3.8) is 0 Å². The number of carboxylic acids is 1. The van der Waals surface area contributed by atoms with Crippen LogP contribution in [0.4, 0.5) is 0 Å². The number of likely N-dealkylation sites (tertiary alicyclic amines) is 1. The number of carboxylic acid groups (broad SMARTS) is 1. The van der Waals surface area contributed by atoms with E-state index in [-0.39, 0.29) is 21.1 Å². The van der Waals surface area contributed by atoms with Crippen LogP contribution in [-0.4, -0.2) is 53.0 Å². The molecule has 0 bridgehead atoms. The molecule has 1 rings (SSSR count). The van der Waals surface area contributed by atoms with Crippen LogP contribution in [0.3, 0.4) is 0 Å². The Hall–Kier alpha value is -1.53. The number of rotatable bonds is 6. The van der Waals surface area contributed by atoms with Crippen molar-refractivity contribution in [3.05, 3.63) is 0 Å². The van der Waals surface area contributed by atoms with Gasteiger partial charge in [0.1, 0.15) is 12.1 Å². The monoisotopic (exact) mass is 289 g/mol. The van der Waals surface area contributed by atoms with E-state index < -0.39 is 24.0 Å². The van der Waals surface area contributed by atoms with Crippen molar-refractivity contribution in [1.29, 1.82) is 0 Å². The zero-order chi connectivity index (χ0) is 14.4. The lowest BCUT2D eigenvalue weighted by atomic mass is 10.2. The molecule has 0 aromatic carbocycles. The first kappa shape index (κ1) is 15.5. The van der Waals surface area contributed by atoms with Gasteiger partial charge in [-0.3, -0.25) is 18.9 Å². The van der Waals surface area contributed by atoms with Gasteiger partial charge in [-0.2, -0.15) is 0 Å². The lowest BCUT2D eigenvalue weighted by molar-refractivity contribution is -0.143. The van der Waals surface area contributed by atoms with Crippen molar-refractivity contribution in [1.82, 2.24) is 15.3 Å². The molecule has 1 heterocycles. The first-order chi connectivity index (χ1) is 8.97. The normalized spacial score (nSPS) is 20.3. The third-order valence-corrected chi connectivity index (χ3v) is 3.19. The standard InChI is InChI=1S/C10H16N3O5P/c1-6(10(16)17)12-9(15)7-3-2-4-13(7)8(14)5-11-19-18/h6-7H,2-5H2,1H3,(H,11,18)(H,12,15)(H,16,17)/t6-,7-/m0/s1. The van der Waals surface area contributed by atoms with Crippen LogP contribution in [0.25, 0.3) is 0 Å². The van der Waals surface area contributed by atoms with Crippen LogP contribution in [0.1, 0.15) is 19.8 Å². The summed E-state index contributed by atoms with van der Waals surface area (Å²) in [5.41, 5.74) is 0. The molecule has 1 fully saturated rings. The molecule has 3 N–H and O–H groups in total. The van der Waals surface area contributed by atoms with E-state index in [9.17, 15) is 18.9 Å². The van der Waals surface area contributed by atoms with E-state index in [0.29, 0.717) is 19.4 Å². The Morgan fingerprint density at radius 2 is 2.16 bits per heavy atom. The molecule has 8 nitrogen and oxygen atoms in total. The fraction of sp³-hybridized carbons (Fsp3) is 0.700. The number of amides is 2. The Bertz CT molecular complexity index is 389. The summed E-state index contributed by atoms with van der Waals surface area (Å²) >= 11 is 0. The molecule has 0 aromatic rings. The van der Waals surface area contributed by atoms with Crippen LogP contribution >= 0.6 is 8.61 Å². The zero-order valence-corrected chi connectivity index (χ0v) is 11.4. The Kier molecular flexibility index (Phi) is 5.85. The van der Waals surface area contributed by atoms with Gasteiger partial charge in [-0.15, -0.1) is 0 Å². The van der Waals surface area contributed by atoms with Crippen LogP contribution < -0.4 is 10.4 Å². The summed E-state index contributed by atoms with van der Waals surface area (Å²) in [5, 5.41) is 13.4. The highest BCUT2D eigenvalue weighted by atomic mass is 31.1. The van der Waals surface area contributed by atoms with Crippen molar-refractivity contribution in [2.75, 3.05) is 13.1 Å². The van der Waals surface area contributed by atoms with Gasteiger partial charge in [-0.05, 0) is 19.8 Å². The van der Waals surface area contributed by atoms with E-state index in [2.05, 4.69) is 10.4 Å². The molecule has 2 amide bonds. The second kappa shape index (κ2) is 7.16. The number of nitrogens with zero attached hydrogens (tertiary/aromatic N) is 1. The highest BCUT2D eigenvalue weighted by Crippen LogP contribution is 2.17. The van der Waals surface area contributed by atoms with E-state index >= 15 is 0 Å². The molecule has 19 heavy (non-hydrogen) atoms. The van der Waals surface area contributed by atoms with Crippen LogP contribution in [-0.2, 0) is 18.9 Å². The lowest BCUT2D eigenvalue weighted by Gasteiger charge is -2.24. The fourth-order valence-corrected chi connectivity index (χ4v) is 2.11. The van der Waals surface area contributed by atoms with Gasteiger partial charge in [0.05, 0.1) is 6.54 Å². The van der Waals surface area contributed by atoms with E-state index in [1.165, 1.54) is 11.8 Å². The van der Waals surface area contributed by atoms with E-state index in [0.717, 1.165) is 0 Å². The summed E-state index contributed by atoms with van der Waals surface area (Å²) in [7, 11) is -0.346. The molecule has 0 radical (unpaired) electrons. The average molecular weight is 289 g/mol. The van der Waals surface area contributed by atoms with Gasteiger partial charge in [-0.1, -0.05) is 0 Å². The minimum atomic E-state index is -1.13. The number of carbonyl (C=O) groups is 3. The van der Waals surface area contributed by atoms with E-state index in [1.807, 2.05) is 0 Å². The number of nitrogens with one attached hydrogen (secondary N) is 2. The number of hydrogen-bond acceptors (Lipinski definition) is 4. The quantitative estimate of drug-likeness (QED) is 0.560. The Morgan fingerprint density at radius 1 is 1.47 bits per heavy atom. The average Bonchev–Trinajstić information content (AvgIpc) is 2.84. The predicted octanol–water partition coefficient (Wildman–Crippen LogP) is -0.637. The van der Waals surface area contributed by atoms with Crippen molar-refractivity contribution in [2.45, 2.75) is 31.8 Å². The second-order valence-electron chi connectivity index (χ2n) is 4.24. The molecule has 0 spiro atoms. The zero-order valence-electron chi connectivity index (χ0n) is 10.5. The topological polar surface area (TPSA) is 116 Å². The maximum absolute atomic E-state index is 11.9. The van der Waals surface area contributed by atoms with Gasteiger partial charge in [0.25, 0.3) is 0 Å². The number of carbonyl (C=O) groups excluding carboxylic acids is 2. The summed E-state index contributed by atoms with van der Waals surface area (Å²) < 4.78 is 10.2. The minimum Gasteiger partial charge on any atom is -0.480 e. The molecule has 1 saturated heterocycles. The summed E-state index contributed by atoms with van der Waals surface area (Å²) in [5.74, 6) is -1.93. The molecule has 1 aliphatic rings. The Morgan fingerprint density at radius 3 is 2.74 bits per heavy atom. The molecule has 106 valence electrons. The van der Waals surface area contributed by atoms with Crippen LogP contribution in [0.5, 0.6) is 0 Å². The SMILES string of the molecule is C[C@H](NC(=O)[C@@H]1CCCN1C(=O)CNP=O)C(=O)O. The molecular weight excluding hydrogens is 273 g/mol. The third-order valence-electron chi connectivity index (χ3n) is 2.90. The van der Waals surface area contributed by atoms with Crippen molar-refractivity contribution in [3.8, 4) is 0 Å². The van der Waals surface area contributed by atoms with Gasteiger partial charge in [0.15, 0.2) is 0 Å². The summed E-state index contributed by atoms with van der Waals surface area (Å²) in [6, 6.07) is -1.65.